The average molecular weight is 275 g/mol. The molecular weight excluding hydrogens is 258 g/mol. The number of nitrogens with one attached hydrogen (secondary N) is 1. The molecule has 3 rings (SSSR count). The van der Waals surface area contributed by atoms with Gasteiger partial charge in [0, 0.05) is 19.0 Å². The number of hydrogen-bond donors (Lipinski definition) is 2. The number of carbonyl (C=O) groups excluding carboxylic acids is 1. The topological polar surface area (TPSA) is 97.1 Å². The summed E-state index contributed by atoms with van der Waals surface area (Å²) in [6.45, 7) is 1.37. The number of likely N-dealkylation sites (tertiary alicyclic amines) is 1. The molecule has 1 fully saturated rings. The maximum Gasteiger partial charge on any atom is 0.409 e. The zero-order valence-corrected chi connectivity index (χ0v) is 11.3. The Morgan fingerprint density at radius 2 is 2.25 bits per heavy atom. The number of nitrogens with two attached hydrogens (primary N) is 1. The fourth-order valence-corrected chi connectivity index (χ4v) is 2.59. The molecule has 2 aromatic heterocycles. The van der Waals surface area contributed by atoms with Crippen molar-refractivity contribution >= 4 is 22.9 Å². The van der Waals surface area contributed by atoms with Crippen molar-refractivity contribution in [2.45, 2.75) is 18.8 Å². The van der Waals surface area contributed by atoms with Gasteiger partial charge in [-0.25, -0.2) is 14.8 Å². The number of nitrogens with zero attached hydrogens (tertiary/aromatic N) is 3. The van der Waals surface area contributed by atoms with Crippen LogP contribution >= 0.6 is 0 Å². The second-order valence-corrected chi connectivity index (χ2v) is 4.99. The Balaban J connectivity index is 1.75. The molecule has 0 spiro atoms. The third kappa shape index (κ3) is 2.26. The fraction of sp³-hybridized carbons (Fsp3) is 0.462. The molecule has 0 radical (unpaired) electrons. The Kier molecular flexibility index (Phi) is 3.17. The van der Waals surface area contributed by atoms with Gasteiger partial charge in [-0.1, -0.05) is 0 Å². The number of anilines is 1. The molecule has 1 amide bonds. The molecular formula is C13H17N5O2. The molecule has 7 nitrogen and oxygen atoms in total. The molecule has 20 heavy (non-hydrogen) atoms. The van der Waals surface area contributed by atoms with E-state index in [1.165, 1.54) is 7.11 Å². The van der Waals surface area contributed by atoms with Crippen LogP contribution < -0.4 is 5.73 Å². The molecule has 106 valence electrons. The largest absolute Gasteiger partial charge is 0.453 e. The van der Waals surface area contributed by atoms with Crippen LogP contribution in [0.25, 0.3) is 11.2 Å². The molecule has 0 atom stereocenters. The number of methoxy groups -OCH3 is 1. The van der Waals surface area contributed by atoms with Crippen LogP contribution in [0.5, 0.6) is 0 Å². The number of rotatable bonds is 1. The first-order chi connectivity index (χ1) is 9.67. The summed E-state index contributed by atoms with van der Waals surface area (Å²) in [5, 5.41) is 0. The van der Waals surface area contributed by atoms with Gasteiger partial charge in [0.2, 0.25) is 0 Å². The molecule has 0 unspecified atom stereocenters. The summed E-state index contributed by atoms with van der Waals surface area (Å²) in [5.74, 6) is 1.23. The average Bonchev–Trinajstić information content (AvgIpc) is 2.89. The van der Waals surface area contributed by atoms with Crippen molar-refractivity contribution < 1.29 is 9.53 Å². The lowest BCUT2D eigenvalue weighted by molar-refractivity contribution is 0.112. The SMILES string of the molecule is COC(=O)N1CCC(c2nc3ncc(N)cc3[nH]2)CC1. The third-order valence-corrected chi connectivity index (χ3v) is 3.69. The van der Waals surface area contributed by atoms with Crippen molar-refractivity contribution in [1.82, 2.24) is 19.9 Å². The maximum absolute atomic E-state index is 11.4. The van der Waals surface area contributed by atoms with Crippen LogP contribution in [0, 0.1) is 0 Å². The lowest BCUT2D eigenvalue weighted by Gasteiger charge is -2.29. The molecule has 0 aliphatic carbocycles. The number of amides is 1. The van der Waals surface area contributed by atoms with Crippen LogP contribution in [-0.4, -0.2) is 46.1 Å². The summed E-state index contributed by atoms with van der Waals surface area (Å²) in [4.78, 5) is 25.1. The van der Waals surface area contributed by atoms with Crippen LogP contribution in [-0.2, 0) is 4.74 Å². The summed E-state index contributed by atoms with van der Waals surface area (Å²) in [5.41, 5.74) is 7.87. The summed E-state index contributed by atoms with van der Waals surface area (Å²) >= 11 is 0. The van der Waals surface area contributed by atoms with Gasteiger partial charge in [-0.2, -0.15) is 0 Å². The van der Waals surface area contributed by atoms with Crippen LogP contribution in [0.4, 0.5) is 10.5 Å². The summed E-state index contributed by atoms with van der Waals surface area (Å²) in [7, 11) is 1.41. The number of carbonyl (C=O) groups is 1. The number of hydrogen-bond acceptors (Lipinski definition) is 5. The van der Waals surface area contributed by atoms with Crippen LogP contribution in [0.1, 0.15) is 24.6 Å². The van der Waals surface area contributed by atoms with E-state index in [-0.39, 0.29) is 6.09 Å². The van der Waals surface area contributed by atoms with Crippen molar-refractivity contribution in [2.24, 2.45) is 0 Å². The monoisotopic (exact) mass is 275 g/mol. The zero-order valence-electron chi connectivity index (χ0n) is 11.3. The van der Waals surface area contributed by atoms with E-state index >= 15 is 0 Å². The van der Waals surface area contributed by atoms with Gasteiger partial charge in [0.25, 0.3) is 0 Å². The van der Waals surface area contributed by atoms with E-state index in [2.05, 4.69) is 15.0 Å². The van der Waals surface area contributed by atoms with Gasteiger partial charge in [-0.05, 0) is 18.9 Å². The molecule has 3 N–H and O–H groups in total. The van der Waals surface area contributed by atoms with Crippen molar-refractivity contribution in [2.75, 3.05) is 25.9 Å². The summed E-state index contributed by atoms with van der Waals surface area (Å²) in [6.07, 6.45) is 3.07. The molecule has 3 heterocycles. The van der Waals surface area contributed by atoms with Gasteiger partial charge in [-0.15, -0.1) is 0 Å². The van der Waals surface area contributed by atoms with Gasteiger partial charge < -0.3 is 20.4 Å². The number of H-pyrrole nitrogens is 1. The third-order valence-electron chi connectivity index (χ3n) is 3.69. The number of nitrogen functional groups attached to an aromatic ring is 1. The van der Waals surface area contributed by atoms with Gasteiger partial charge in [0.05, 0.1) is 24.5 Å². The van der Waals surface area contributed by atoms with Gasteiger partial charge >= 0.3 is 6.09 Å². The lowest BCUT2D eigenvalue weighted by atomic mass is 9.96. The van der Waals surface area contributed by atoms with E-state index in [9.17, 15) is 4.79 Å². The highest BCUT2D eigenvalue weighted by atomic mass is 16.5. The predicted molar refractivity (Wildman–Crippen MR) is 74.3 cm³/mol. The van der Waals surface area contributed by atoms with E-state index in [4.69, 9.17) is 10.5 Å². The second kappa shape index (κ2) is 4.99. The zero-order chi connectivity index (χ0) is 14.1. The van der Waals surface area contributed by atoms with Crippen LogP contribution in [0.2, 0.25) is 0 Å². The predicted octanol–water partition coefficient (Wildman–Crippen LogP) is 1.49. The second-order valence-electron chi connectivity index (χ2n) is 4.99. The minimum absolute atomic E-state index is 0.262. The number of aromatic amines is 1. The first-order valence-corrected chi connectivity index (χ1v) is 6.61. The molecule has 1 saturated heterocycles. The highest BCUT2D eigenvalue weighted by Gasteiger charge is 2.26. The van der Waals surface area contributed by atoms with Gasteiger partial charge in [-0.3, -0.25) is 0 Å². The minimum Gasteiger partial charge on any atom is -0.453 e. The van der Waals surface area contributed by atoms with Crippen molar-refractivity contribution in [3.63, 3.8) is 0 Å². The van der Waals surface area contributed by atoms with Gasteiger partial charge in [0.1, 0.15) is 5.82 Å². The van der Waals surface area contributed by atoms with E-state index in [0.717, 1.165) is 24.2 Å². The Hall–Kier alpha value is -2.31. The summed E-state index contributed by atoms with van der Waals surface area (Å²) in [6, 6.07) is 1.84. The number of pyridine rings is 1. The smallest absolute Gasteiger partial charge is 0.409 e. The lowest BCUT2D eigenvalue weighted by Crippen LogP contribution is -2.37. The van der Waals surface area contributed by atoms with E-state index in [0.29, 0.717) is 30.3 Å². The van der Waals surface area contributed by atoms with E-state index < -0.39 is 0 Å². The fourth-order valence-electron chi connectivity index (χ4n) is 2.59. The minimum atomic E-state index is -0.262. The van der Waals surface area contributed by atoms with Gasteiger partial charge in [0.15, 0.2) is 5.65 Å². The van der Waals surface area contributed by atoms with Crippen molar-refractivity contribution in [1.29, 1.82) is 0 Å². The number of imidazole rings is 1. The van der Waals surface area contributed by atoms with Crippen LogP contribution in [0.3, 0.4) is 0 Å². The number of fused-ring (bicyclic) bond motifs is 1. The molecule has 0 aromatic carbocycles. The molecule has 0 bridgehead atoms. The van der Waals surface area contributed by atoms with Crippen LogP contribution in [0.15, 0.2) is 12.3 Å². The van der Waals surface area contributed by atoms with Crippen molar-refractivity contribution in [3.05, 3.63) is 18.1 Å². The Morgan fingerprint density at radius 1 is 1.50 bits per heavy atom. The molecule has 7 heteroatoms. The van der Waals surface area contributed by atoms with Crippen molar-refractivity contribution in [3.8, 4) is 0 Å². The molecule has 1 aliphatic rings. The quantitative estimate of drug-likeness (QED) is 0.821. The number of aromatic nitrogens is 3. The summed E-state index contributed by atoms with van der Waals surface area (Å²) < 4.78 is 4.73. The molecule has 0 saturated carbocycles. The number of ether oxygens (including phenoxy) is 1. The highest BCUT2D eigenvalue weighted by molar-refractivity contribution is 5.74. The Bertz CT molecular complexity index is 631. The normalized spacial score (nSPS) is 16.6. The standard InChI is InChI=1S/C13H17N5O2/c1-20-13(19)18-4-2-8(3-5-18)11-16-10-6-9(14)7-15-12(10)17-11/h6-8H,2-5,14H2,1H3,(H,15,16,17). The first kappa shape index (κ1) is 12.7. The first-order valence-electron chi connectivity index (χ1n) is 6.61. The Labute approximate surface area is 116 Å². The van der Waals surface area contributed by atoms with E-state index in [1.807, 2.05) is 6.07 Å². The highest BCUT2D eigenvalue weighted by Crippen LogP contribution is 2.27. The molecule has 2 aromatic rings. The maximum atomic E-state index is 11.4. The Morgan fingerprint density at radius 3 is 2.95 bits per heavy atom. The van der Waals surface area contributed by atoms with E-state index in [1.54, 1.807) is 11.1 Å². The number of piperidine rings is 1. The molecule has 1 aliphatic heterocycles.